The molecule has 0 aliphatic rings. The fourth-order valence-corrected chi connectivity index (χ4v) is 2.14. The van der Waals surface area contributed by atoms with E-state index in [4.69, 9.17) is 9.47 Å². The molecule has 0 aliphatic heterocycles. The molecule has 0 saturated carbocycles. The van der Waals surface area contributed by atoms with Gasteiger partial charge in [0.2, 0.25) is 0 Å². The molecular weight excluding hydrogens is 248 g/mol. The van der Waals surface area contributed by atoms with Crippen molar-refractivity contribution in [1.82, 2.24) is 0 Å². The van der Waals surface area contributed by atoms with Gasteiger partial charge in [0.15, 0.2) is 0 Å². The third kappa shape index (κ3) is 5.85. The Labute approximate surface area is 124 Å². The molecule has 0 heterocycles. The minimum atomic E-state index is 0.810. The van der Waals surface area contributed by atoms with Crippen LogP contribution in [0, 0.1) is 13.8 Å². The van der Waals surface area contributed by atoms with Crippen LogP contribution in [-0.4, -0.2) is 13.2 Å². The van der Waals surface area contributed by atoms with E-state index in [2.05, 4.69) is 39.8 Å². The summed E-state index contributed by atoms with van der Waals surface area (Å²) in [6.07, 6.45) is 7.18. The normalized spacial score (nSPS) is 10.6. The van der Waals surface area contributed by atoms with Gasteiger partial charge in [0.05, 0.1) is 13.2 Å². The predicted octanol–water partition coefficient (Wildman–Crippen LogP) is 5.44. The molecule has 114 valence electrons. The van der Waals surface area contributed by atoms with Gasteiger partial charge in [-0.2, -0.15) is 0 Å². The Morgan fingerprint density at radius 2 is 1.10 bits per heavy atom. The zero-order chi connectivity index (χ0) is 14.8. The van der Waals surface area contributed by atoms with Gasteiger partial charge in [-0.05, 0) is 49.9 Å². The Hall–Kier alpha value is -1.18. The Morgan fingerprint density at radius 1 is 0.700 bits per heavy atom. The molecule has 2 nitrogen and oxygen atoms in total. The quantitative estimate of drug-likeness (QED) is 0.530. The first-order valence-corrected chi connectivity index (χ1v) is 8.05. The number of hydrogen-bond donors (Lipinski definition) is 0. The van der Waals surface area contributed by atoms with Gasteiger partial charge in [0.25, 0.3) is 0 Å². The van der Waals surface area contributed by atoms with Crippen molar-refractivity contribution in [2.45, 2.75) is 66.2 Å². The van der Waals surface area contributed by atoms with Gasteiger partial charge in [-0.3, -0.25) is 0 Å². The second kappa shape index (κ2) is 9.68. The Balaban J connectivity index is 2.52. The van der Waals surface area contributed by atoms with Crippen LogP contribution >= 0.6 is 0 Å². The third-order valence-electron chi connectivity index (χ3n) is 3.48. The van der Waals surface area contributed by atoms with Gasteiger partial charge in [0.1, 0.15) is 11.5 Å². The van der Waals surface area contributed by atoms with E-state index >= 15 is 0 Å². The SMILES string of the molecule is CCCCCOc1cc(C)c(OCCCCC)cc1C. The number of unbranched alkanes of at least 4 members (excludes halogenated alkanes) is 4. The lowest BCUT2D eigenvalue weighted by atomic mass is 10.1. The zero-order valence-electron chi connectivity index (χ0n) is 13.6. The number of rotatable bonds is 10. The van der Waals surface area contributed by atoms with Gasteiger partial charge in [-0.25, -0.2) is 0 Å². The number of hydrogen-bond acceptors (Lipinski definition) is 2. The number of benzene rings is 1. The van der Waals surface area contributed by atoms with Crippen molar-refractivity contribution in [3.63, 3.8) is 0 Å². The minimum absolute atomic E-state index is 0.810. The van der Waals surface area contributed by atoms with E-state index in [0.29, 0.717) is 0 Å². The second-order valence-corrected chi connectivity index (χ2v) is 5.49. The van der Waals surface area contributed by atoms with Crippen molar-refractivity contribution in [3.8, 4) is 11.5 Å². The van der Waals surface area contributed by atoms with Crippen molar-refractivity contribution >= 4 is 0 Å². The first-order valence-electron chi connectivity index (χ1n) is 8.05. The molecule has 0 fully saturated rings. The first-order chi connectivity index (χ1) is 9.69. The molecule has 0 atom stereocenters. The molecule has 0 aliphatic carbocycles. The number of ether oxygens (including phenoxy) is 2. The van der Waals surface area contributed by atoms with E-state index in [1.807, 2.05) is 0 Å². The average Bonchev–Trinajstić information content (AvgIpc) is 2.44. The summed E-state index contributed by atoms with van der Waals surface area (Å²) >= 11 is 0. The van der Waals surface area contributed by atoms with Crippen LogP contribution in [0.25, 0.3) is 0 Å². The fourth-order valence-electron chi connectivity index (χ4n) is 2.14. The molecular formula is C18H30O2. The van der Waals surface area contributed by atoms with Crippen LogP contribution in [0.3, 0.4) is 0 Å². The maximum atomic E-state index is 5.86. The van der Waals surface area contributed by atoms with Crippen LogP contribution in [0.2, 0.25) is 0 Å². The first kappa shape index (κ1) is 16.9. The van der Waals surface area contributed by atoms with Crippen molar-refractivity contribution in [2.75, 3.05) is 13.2 Å². The lowest BCUT2D eigenvalue weighted by molar-refractivity contribution is 0.295. The summed E-state index contributed by atoms with van der Waals surface area (Å²) in [5.74, 6) is 2.00. The van der Waals surface area contributed by atoms with Gasteiger partial charge < -0.3 is 9.47 Å². The molecule has 0 aromatic heterocycles. The molecule has 0 amide bonds. The highest BCUT2D eigenvalue weighted by Gasteiger charge is 2.06. The molecule has 0 spiro atoms. The van der Waals surface area contributed by atoms with E-state index in [0.717, 1.165) is 48.7 Å². The zero-order valence-corrected chi connectivity index (χ0v) is 13.6. The predicted molar refractivity (Wildman–Crippen MR) is 86.0 cm³/mol. The van der Waals surface area contributed by atoms with Crippen LogP contribution in [-0.2, 0) is 0 Å². The van der Waals surface area contributed by atoms with Gasteiger partial charge in [0, 0.05) is 0 Å². The molecule has 0 N–H and O–H groups in total. The van der Waals surface area contributed by atoms with E-state index < -0.39 is 0 Å². The lowest BCUT2D eigenvalue weighted by Gasteiger charge is -2.14. The molecule has 0 bridgehead atoms. The van der Waals surface area contributed by atoms with Crippen LogP contribution < -0.4 is 9.47 Å². The van der Waals surface area contributed by atoms with Crippen LogP contribution in [0.15, 0.2) is 12.1 Å². The third-order valence-corrected chi connectivity index (χ3v) is 3.48. The summed E-state index contributed by atoms with van der Waals surface area (Å²) in [6.45, 7) is 10.2. The average molecular weight is 278 g/mol. The highest BCUT2D eigenvalue weighted by molar-refractivity contribution is 5.45. The fraction of sp³-hybridized carbons (Fsp3) is 0.667. The molecule has 0 saturated heterocycles. The van der Waals surface area contributed by atoms with Crippen molar-refractivity contribution in [1.29, 1.82) is 0 Å². The number of aryl methyl sites for hydroxylation is 2. The summed E-state index contributed by atoms with van der Waals surface area (Å²) in [6, 6.07) is 4.22. The molecule has 2 heteroatoms. The van der Waals surface area contributed by atoms with Gasteiger partial charge in [-0.1, -0.05) is 39.5 Å². The summed E-state index contributed by atoms with van der Waals surface area (Å²) in [4.78, 5) is 0. The van der Waals surface area contributed by atoms with E-state index in [9.17, 15) is 0 Å². The second-order valence-electron chi connectivity index (χ2n) is 5.49. The van der Waals surface area contributed by atoms with Crippen LogP contribution in [0.4, 0.5) is 0 Å². The van der Waals surface area contributed by atoms with Crippen molar-refractivity contribution in [2.24, 2.45) is 0 Å². The monoisotopic (exact) mass is 278 g/mol. The maximum absolute atomic E-state index is 5.86. The lowest BCUT2D eigenvalue weighted by Crippen LogP contribution is -2.02. The van der Waals surface area contributed by atoms with Crippen molar-refractivity contribution < 1.29 is 9.47 Å². The van der Waals surface area contributed by atoms with E-state index in [1.54, 1.807) is 0 Å². The Kier molecular flexibility index (Phi) is 8.17. The van der Waals surface area contributed by atoms with E-state index in [-0.39, 0.29) is 0 Å². The highest BCUT2D eigenvalue weighted by atomic mass is 16.5. The largest absolute Gasteiger partial charge is 0.493 e. The summed E-state index contributed by atoms with van der Waals surface area (Å²) in [7, 11) is 0. The maximum Gasteiger partial charge on any atom is 0.122 e. The minimum Gasteiger partial charge on any atom is -0.493 e. The molecule has 1 rings (SSSR count). The smallest absolute Gasteiger partial charge is 0.122 e. The summed E-state index contributed by atoms with van der Waals surface area (Å²) in [5, 5.41) is 0. The highest BCUT2D eigenvalue weighted by Crippen LogP contribution is 2.28. The van der Waals surface area contributed by atoms with Crippen LogP contribution in [0.5, 0.6) is 11.5 Å². The van der Waals surface area contributed by atoms with Gasteiger partial charge in [-0.15, -0.1) is 0 Å². The summed E-state index contributed by atoms with van der Waals surface area (Å²) in [5.41, 5.74) is 2.33. The Morgan fingerprint density at radius 3 is 1.45 bits per heavy atom. The van der Waals surface area contributed by atoms with Crippen LogP contribution in [0.1, 0.15) is 63.5 Å². The molecule has 1 aromatic carbocycles. The summed E-state index contributed by atoms with van der Waals surface area (Å²) < 4.78 is 11.7. The Bertz CT molecular complexity index is 347. The molecule has 20 heavy (non-hydrogen) atoms. The standard InChI is InChI=1S/C18H30O2/c1-5-7-9-11-19-17-13-16(4)18(14-15(17)3)20-12-10-8-6-2/h13-14H,5-12H2,1-4H3. The topological polar surface area (TPSA) is 18.5 Å². The molecule has 1 aromatic rings. The van der Waals surface area contributed by atoms with E-state index in [1.165, 1.54) is 25.7 Å². The molecule has 0 radical (unpaired) electrons. The molecule has 0 unspecified atom stereocenters. The van der Waals surface area contributed by atoms with Crippen molar-refractivity contribution in [3.05, 3.63) is 23.3 Å². The van der Waals surface area contributed by atoms with Gasteiger partial charge >= 0.3 is 0 Å².